The third-order valence-electron chi connectivity index (χ3n) is 5.00. The molecule has 1 aliphatic rings. The third-order valence-corrected chi connectivity index (χ3v) is 5.00. The summed E-state index contributed by atoms with van der Waals surface area (Å²) >= 11 is 0. The lowest BCUT2D eigenvalue weighted by molar-refractivity contribution is -0.368. The number of carbonyl (C=O) groups excluding carboxylic acids is 1. The largest absolute Gasteiger partial charge is 0.363 e. The standard InChI is InChI=1S/C22H23N7O2/c1-15-8-9-29(27-15)19-12-23-18(11-24-19)21(30)25-17-7-5-6-16(10-17)22(2)14-31-13-20(26-22)28(3)4/h5-12H,3,13-14H2,1-2,4H3/p+1. The van der Waals surface area contributed by atoms with Crippen LogP contribution in [-0.2, 0) is 10.3 Å². The SMILES string of the molecule is C=[N+](C)C1=NC(C)(c2cccc(NC(=O)c3cnc(-n4ccc(C)n4)cn3)c2)COC1. The molecule has 1 aromatic carbocycles. The van der Waals surface area contributed by atoms with Crippen molar-refractivity contribution >= 4 is 24.1 Å². The lowest BCUT2D eigenvalue weighted by atomic mass is 9.92. The number of hydrogen-bond acceptors (Lipinski definition) is 6. The van der Waals surface area contributed by atoms with Crippen LogP contribution in [0.15, 0.2) is 53.9 Å². The van der Waals surface area contributed by atoms with Crippen LogP contribution in [0.3, 0.4) is 0 Å². The fourth-order valence-electron chi connectivity index (χ4n) is 3.26. The number of benzene rings is 1. The maximum atomic E-state index is 12.7. The van der Waals surface area contributed by atoms with Gasteiger partial charge in [0.25, 0.3) is 5.91 Å². The number of amidine groups is 1. The summed E-state index contributed by atoms with van der Waals surface area (Å²) < 4.78 is 9.04. The number of amides is 1. The van der Waals surface area contributed by atoms with Gasteiger partial charge < -0.3 is 10.1 Å². The Balaban J connectivity index is 1.52. The summed E-state index contributed by atoms with van der Waals surface area (Å²) in [6.45, 7) is 8.65. The van der Waals surface area contributed by atoms with Gasteiger partial charge in [-0.3, -0.25) is 4.79 Å². The van der Waals surface area contributed by atoms with E-state index in [1.807, 2.05) is 51.2 Å². The summed E-state index contributed by atoms with van der Waals surface area (Å²) in [5, 5.41) is 7.16. The van der Waals surface area contributed by atoms with Crippen LogP contribution in [0, 0.1) is 6.92 Å². The molecule has 31 heavy (non-hydrogen) atoms. The van der Waals surface area contributed by atoms with E-state index < -0.39 is 5.54 Å². The number of ether oxygens (including phenoxy) is 1. The predicted octanol–water partition coefficient (Wildman–Crippen LogP) is 2.21. The summed E-state index contributed by atoms with van der Waals surface area (Å²) in [5.41, 5.74) is 2.09. The van der Waals surface area contributed by atoms with Crippen molar-refractivity contribution in [2.45, 2.75) is 19.4 Å². The van der Waals surface area contributed by atoms with Gasteiger partial charge in [-0.05, 0) is 32.0 Å². The number of aromatic nitrogens is 4. The molecule has 2 aromatic heterocycles. The number of hydrogen-bond donors (Lipinski definition) is 1. The van der Waals surface area contributed by atoms with E-state index >= 15 is 0 Å². The summed E-state index contributed by atoms with van der Waals surface area (Å²) in [4.78, 5) is 26.0. The zero-order chi connectivity index (χ0) is 22.0. The first-order valence-corrected chi connectivity index (χ1v) is 9.81. The molecule has 1 amide bonds. The van der Waals surface area contributed by atoms with Gasteiger partial charge >= 0.3 is 5.84 Å². The van der Waals surface area contributed by atoms with Crippen LogP contribution in [0.5, 0.6) is 0 Å². The van der Waals surface area contributed by atoms with Gasteiger partial charge in [0.2, 0.25) is 0 Å². The minimum absolute atomic E-state index is 0.212. The summed E-state index contributed by atoms with van der Waals surface area (Å²) in [5.74, 6) is 0.964. The topological polar surface area (TPSA) is 97.3 Å². The molecule has 9 nitrogen and oxygen atoms in total. The first-order valence-electron chi connectivity index (χ1n) is 9.81. The average molecular weight is 418 g/mol. The number of carbonyl (C=O) groups is 1. The van der Waals surface area contributed by atoms with Crippen molar-refractivity contribution in [1.82, 2.24) is 19.7 Å². The van der Waals surface area contributed by atoms with E-state index in [1.165, 1.54) is 12.4 Å². The fourth-order valence-corrected chi connectivity index (χ4v) is 3.26. The maximum absolute atomic E-state index is 12.7. The van der Waals surface area contributed by atoms with E-state index in [1.54, 1.807) is 15.5 Å². The Morgan fingerprint density at radius 1 is 1.29 bits per heavy atom. The molecular formula is C22H24N7O2+. The second-order valence-corrected chi connectivity index (χ2v) is 7.69. The van der Waals surface area contributed by atoms with Gasteiger partial charge in [-0.1, -0.05) is 17.1 Å². The summed E-state index contributed by atoms with van der Waals surface area (Å²) in [6.07, 6.45) is 4.74. The van der Waals surface area contributed by atoms with Crippen molar-refractivity contribution in [2.75, 3.05) is 25.6 Å². The maximum Gasteiger partial charge on any atom is 0.318 e. The van der Waals surface area contributed by atoms with E-state index in [0.29, 0.717) is 24.7 Å². The van der Waals surface area contributed by atoms with Crippen LogP contribution in [0.1, 0.15) is 28.7 Å². The van der Waals surface area contributed by atoms with Crippen LogP contribution >= 0.6 is 0 Å². The molecule has 0 saturated carbocycles. The minimum Gasteiger partial charge on any atom is -0.363 e. The highest BCUT2D eigenvalue weighted by Gasteiger charge is 2.38. The number of nitrogens with zero attached hydrogens (tertiary/aromatic N) is 6. The molecule has 1 aliphatic heterocycles. The number of aliphatic imine (C=N–C) groups is 1. The monoisotopic (exact) mass is 418 g/mol. The molecule has 0 fully saturated rings. The van der Waals surface area contributed by atoms with Gasteiger partial charge in [0.05, 0.1) is 38.5 Å². The molecule has 1 unspecified atom stereocenters. The van der Waals surface area contributed by atoms with E-state index in [-0.39, 0.29) is 11.6 Å². The van der Waals surface area contributed by atoms with Crippen LogP contribution in [0.25, 0.3) is 5.82 Å². The highest BCUT2D eigenvalue weighted by Crippen LogP contribution is 2.30. The van der Waals surface area contributed by atoms with Crippen molar-refractivity contribution < 1.29 is 14.1 Å². The van der Waals surface area contributed by atoms with Gasteiger partial charge in [-0.25, -0.2) is 19.2 Å². The fraction of sp³-hybridized carbons (Fsp3) is 0.273. The van der Waals surface area contributed by atoms with Crippen molar-refractivity contribution in [2.24, 2.45) is 4.99 Å². The molecule has 0 radical (unpaired) electrons. The molecule has 158 valence electrons. The Kier molecular flexibility index (Phi) is 5.43. The Labute approximate surface area is 180 Å². The molecule has 0 aliphatic carbocycles. The molecule has 0 spiro atoms. The quantitative estimate of drug-likeness (QED) is 0.518. The molecule has 4 rings (SSSR count). The van der Waals surface area contributed by atoms with E-state index in [9.17, 15) is 4.79 Å². The van der Waals surface area contributed by atoms with E-state index in [0.717, 1.165) is 17.1 Å². The number of aryl methyl sites for hydroxylation is 1. The number of rotatable bonds is 4. The molecule has 0 bridgehead atoms. The minimum atomic E-state index is -0.566. The van der Waals surface area contributed by atoms with Gasteiger partial charge in [0.15, 0.2) is 18.0 Å². The lowest BCUT2D eigenvalue weighted by Gasteiger charge is -2.25. The van der Waals surface area contributed by atoms with Gasteiger partial charge in [-0.2, -0.15) is 5.10 Å². The molecule has 0 saturated heterocycles. The molecular weight excluding hydrogens is 394 g/mol. The zero-order valence-electron chi connectivity index (χ0n) is 17.7. The molecule has 1 N–H and O–H groups in total. The van der Waals surface area contributed by atoms with Crippen LogP contribution in [0.2, 0.25) is 0 Å². The van der Waals surface area contributed by atoms with Crippen molar-refractivity contribution in [3.05, 3.63) is 65.9 Å². The first-order chi connectivity index (χ1) is 14.8. The Morgan fingerprint density at radius 2 is 2.13 bits per heavy atom. The van der Waals surface area contributed by atoms with E-state index in [4.69, 9.17) is 9.73 Å². The van der Waals surface area contributed by atoms with E-state index in [2.05, 4.69) is 27.1 Å². The highest BCUT2D eigenvalue weighted by atomic mass is 16.5. The van der Waals surface area contributed by atoms with Crippen LogP contribution in [-0.4, -0.2) is 63.0 Å². The second-order valence-electron chi connectivity index (χ2n) is 7.69. The normalized spacial score (nSPS) is 18.4. The van der Waals surface area contributed by atoms with Gasteiger partial charge in [0, 0.05) is 17.4 Å². The number of likely N-dealkylation sites (N-methyl/N-ethyl adjacent to an activating group) is 1. The Hall–Kier alpha value is -3.72. The second kappa shape index (κ2) is 8.19. The predicted molar refractivity (Wildman–Crippen MR) is 117 cm³/mol. The Bertz CT molecular complexity index is 1170. The highest BCUT2D eigenvalue weighted by molar-refractivity contribution is 6.02. The average Bonchev–Trinajstić information content (AvgIpc) is 3.20. The molecule has 1 atom stereocenters. The lowest BCUT2D eigenvalue weighted by Crippen LogP contribution is -2.37. The smallest absolute Gasteiger partial charge is 0.318 e. The number of anilines is 1. The van der Waals surface area contributed by atoms with Crippen LogP contribution in [0.4, 0.5) is 5.69 Å². The summed E-state index contributed by atoms with van der Waals surface area (Å²) in [6, 6.07) is 9.43. The number of nitrogens with one attached hydrogen (secondary N) is 1. The molecule has 9 heteroatoms. The van der Waals surface area contributed by atoms with Crippen LogP contribution < -0.4 is 5.32 Å². The van der Waals surface area contributed by atoms with Gasteiger partial charge in [0.1, 0.15) is 5.69 Å². The van der Waals surface area contributed by atoms with Crippen molar-refractivity contribution in [1.29, 1.82) is 0 Å². The zero-order valence-corrected chi connectivity index (χ0v) is 17.7. The molecule has 3 aromatic rings. The third kappa shape index (κ3) is 4.41. The summed E-state index contributed by atoms with van der Waals surface area (Å²) in [7, 11) is 1.84. The molecule has 3 heterocycles. The first kappa shape index (κ1) is 20.5. The van der Waals surface area contributed by atoms with Gasteiger partial charge in [-0.15, -0.1) is 0 Å². The Morgan fingerprint density at radius 3 is 2.81 bits per heavy atom. The van der Waals surface area contributed by atoms with Crippen molar-refractivity contribution in [3.8, 4) is 5.82 Å². The van der Waals surface area contributed by atoms with Crippen molar-refractivity contribution in [3.63, 3.8) is 0 Å².